The number of aromatic nitrogens is 2. The fraction of sp³-hybridized carbons (Fsp3) is 0.211. The second kappa shape index (κ2) is 7.22. The maximum atomic E-state index is 13.0. The summed E-state index contributed by atoms with van der Waals surface area (Å²) in [4.78, 5) is 23.9. The van der Waals surface area contributed by atoms with Gasteiger partial charge in [0.05, 0.1) is 23.8 Å². The van der Waals surface area contributed by atoms with E-state index < -0.39 is 17.6 Å². The van der Waals surface area contributed by atoms with Gasteiger partial charge in [-0.1, -0.05) is 18.2 Å². The van der Waals surface area contributed by atoms with Gasteiger partial charge < -0.3 is 5.32 Å². The molecule has 0 saturated heterocycles. The van der Waals surface area contributed by atoms with Crippen LogP contribution in [-0.4, -0.2) is 15.7 Å². The van der Waals surface area contributed by atoms with Crippen molar-refractivity contribution in [3.63, 3.8) is 0 Å². The van der Waals surface area contributed by atoms with Gasteiger partial charge in [-0.2, -0.15) is 18.3 Å². The number of aryl methyl sites for hydroxylation is 2. The molecule has 1 aromatic heterocycles. The molecule has 0 spiro atoms. The van der Waals surface area contributed by atoms with Gasteiger partial charge in [0.2, 0.25) is 11.3 Å². The molecule has 0 aliphatic carbocycles. The van der Waals surface area contributed by atoms with Crippen LogP contribution in [0.2, 0.25) is 0 Å². The molecule has 140 valence electrons. The summed E-state index contributed by atoms with van der Waals surface area (Å²) in [5, 5.41) is 6.98. The van der Waals surface area contributed by atoms with Crippen molar-refractivity contribution in [2.75, 3.05) is 5.32 Å². The molecule has 0 saturated carbocycles. The molecule has 27 heavy (non-hydrogen) atoms. The summed E-state index contributed by atoms with van der Waals surface area (Å²) in [6, 6.07) is 10.5. The quantitative estimate of drug-likeness (QED) is 0.755. The molecular formula is C19H16F3N3O2. The summed E-state index contributed by atoms with van der Waals surface area (Å²) in [6.07, 6.45) is -3.31. The third kappa shape index (κ3) is 4.16. The van der Waals surface area contributed by atoms with Crippen molar-refractivity contribution in [1.29, 1.82) is 0 Å². The summed E-state index contributed by atoms with van der Waals surface area (Å²) in [5.41, 5.74) is -0.244. The predicted molar refractivity (Wildman–Crippen MR) is 95.4 cm³/mol. The van der Waals surface area contributed by atoms with E-state index in [2.05, 4.69) is 10.4 Å². The Bertz CT molecular complexity index is 1060. The molecule has 0 unspecified atom stereocenters. The van der Waals surface area contributed by atoms with E-state index >= 15 is 0 Å². The largest absolute Gasteiger partial charge is 0.416 e. The number of halogens is 3. The smallest absolute Gasteiger partial charge is 0.326 e. The van der Waals surface area contributed by atoms with Crippen molar-refractivity contribution in [3.8, 4) is 0 Å². The van der Waals surface area contributed by atoms with Crippen LogP contribution in [0.1, 0.15) is 17.5 Å². The van der Waals surface area contributed by atoms with Crippen LogP contribution >= 0.6 is 0 Å². The van der Waals surface area contributed by atoms with E-state index in [1.165, 1.54) is 29.9 Å². The molecule has 1 amide bonds. The summed E-state index contributed by atoms with van der Waals surface area (Å²) < 4.78 is 40.4. The number of para-hydroxylation sites is 1. The predicted octanol–water partition coefficient (Wildman–Crippen LogP) is 3.75. The second-order valence-electron chi connectivity index (χ2n) is 6.07. The molecule has 0 atom stereocenters. The molecule has 1 N–H and O–H groups in total. The highest BCUT2D eigenvalue weighted by Crippen LogP contribution is 2.33. The molecule has 2 aromatic carbocycles. The third-order valence-corrected chi connectivity index (χ3v) is 4.14. The number of rotatable bonds is 4. The van der Waals surface area contributed by atoms with Gasteiger partial charge in [-0.3, -0.25) is 14.3 Å². The number of amides is 1. The number of benzene rings is 2. The van der Waals surface area contributed by atoms with Gasteiger partial charge >= 0.3 is 6.18 Å². The van der Waals surface area contributed by atoms with Crippen LogP contribution in [0.15, 0.2) is 53.5 Å². The van der Waals surface area contributed by atoms with Gasteiger partial charge in [-0.05, 0) is 36.8 Å². The van der Waals surface area contributed by atoms with Crippen LogP contribution in [-0.2, 0) is 17.5 Å². The fourth-order valence-electron chi connectivity index (χ4n) is 2.78. The Balaban J connectivity index is 1.73. The highest BCUT2D eigenvalue weighted by molar-refractivity contribution is 5.91. The van der Waals surface area contributed by atoms with Crippen LogP contribution in [0.4, 0.5) is 18.9 Å². The van der Waals surface area contributed by atoms with Crippen molar-refractivity contribution < 1.29 is 18.0 Å². The molecule has 8 heteroatoms. The molecular weight excluding hydrogens is 359 g/mol. The number of nitrogens with one attached hydrogen (secondary N) is 1. The lowest BCUT2D eigenvalue weighted by atomic mass is 10.1. The number of carbonyl (C=O) groups is 1. The molecule has 1 heterocycles. The first-order chi connectivity index (χ1) is 12.8. The van der Waals surface area contributed by atoms with Crippen molar-refractivity contribution in [3.05, 3.63) is 70.0 Å². The van der Waals surface area contributed by atoms with Crippen LogP contribution in [0.25, 0.3) is 10.9 Å². The lowest BCUT2D eigenvalue weighted by molar-refractivity contribution is -0.138. The van der Waals surface area contributed by atoms with Gasteiger partial charge in [0.25, 0.3) is 0 Å². The number of anilines is 1. The highest BCUT2D eigenvalue weighted by Gasteiger charge is 2.32. The van der Waals surface area contributed by atoms with E-state index in [4.69, 9.17) is 0 Å². The van der Waals surface area contributed by atoms with Gasteiger partial charge in [0, 0.05) is 17.5 Å². The minimum Gasteiger partial charge on any atom is -0.326 e. The monoisotopic (exact) mass is 375 g/mol. The fourth-order valence-corrected chi connectivity index (χ4v) is 2.78. The summed E-state index contributed by atoms with van der Waals surface area (Å²) in [5.74, 6) is -0.448. The Morgan fingerprint density at radius 3 is 2.67 bits per heavy atom. The Morgan fingerprint density at radius 2 is 1.93 bits per heavy atom. The second-order valence-corrected chi connectivity index (χ2v) is 6.07. The van der Waals surface area contributed by atoms with E-state index in [0.717, 1.165) is 6.07 Å². The molecule has 0 aliphatic rings. The number of alkyl halides is 3. The topological polar surface area (TPSA) is 64.0 Å². The molecule has 0 fully saturated rings. The molecule has 0 radical (unpaired) electrons. The number of fused-ring (bicyclic) bond motifs is 1. The Hall–Kier alpha value is -3.16. The third-order valence-electron chi connectivity index (χ3n) is 4.14. The van der Waals surface area contributed by atoms with Crippen LogP contribution in [0.3, 0.4) is 0 Å². The highest BCUT2D eigenvalue weighted by atomic mass is 19.4. The van der Waals surface area contributed by atoms with Gasteiger partial charge in [0.1, 0.15) is 0 Å². The SMILES string of the molecule is Cc1ccc(NC(=O)CCn2ncc(=O)c3ccccc32)cc1C(F)(F)F. The zero-order valence-corrected chi connectivity index (χ0v) is 14.4. The van der Waals surface area contributed by atoms with Crippen molar-refractivity contribution in [2.45, 2.75) is 26.1 Å². The van der Waals surface area contributed by atoms with Crippen LogP contribution in [0.5, 0.6) is 0 Å². The van der Waals surface area contributed by atoms with E-state index in [9.17, 15) is 22.8 Å². The van der Waals surface area contributed by atoms with Crippen LogP contribution < -0.4 is 10.7 Å². The summed E-state index contributed by atoms with van der Waals surface area (Å²) in [6.45, 7) is 1.55. The van der Waals surface area contributed by atoms with Crippen molar-refractivity contribution in [2.24, 2.45) is 0 Å². The maximum Gasteiger partial charge on any atom is 0.416 e. The molecule has 0 aliphatic heterocycles. The van der Waals surface area contributed by atoms with Gasteiger partial charge in [-0.25, -0.2) is 0 Å². The van der Waals surface area contributed by atoms with Gasteiger partial charge in [-0.15, -0.1) is 0 Å². The zero-order chi connectivity index (χ0) is 19.6. The van der Waals surface area contributed by atoms with E-state index in [1.807, 2.05) is 0 Å². The van der Waals surface area contributed by atoms with E-state index in [0.29, 0.717) is 10.9 Å². The number of hydrogen-bond acceptors (Lipinski definition) is 3. The first-order valence-electron chi connectivity index (χ1n) is 8.18. The zero-order valence-electron chi connectivity index (χ0n) is 14.4. The van der Waals surface area contributed by atoms with Gasteiger partial charge in [0.15, 0.2) is 0 Å². The Labute approximate surface area is 152 Å². The van der Waals surface area contributed by atoms with Crippen LogP contribution in [0, 0.1) is 6.92 Å². The maximum absolute atomic E-state index is 13.0. The summed E-state index contributed by atoms with van der Waals surface area (Å²) >= 11 is 0. The summed E-state index contributed by atoms with van der Waals surface area (Å²) in [7, 11) is 0. The number of carbonyl (C=O) groups excluding carboxylic acids is 1. The minimum atomic E-state index is -4.48. The Kier molecular flexibility index (Phi) is 4.98. The molecule has 5 nitrogen and oxygen atoms in total. The molecule has 3 aromatic rings. The number of nitrogens with zero attached hydrogens (tertiary/aromatic N) is 2. The lowest BCUT2D eigenvalue weighted by Crippen LogP contribution is -2.18. The van der Waals surface area contributed by atoms with E-state index in [1.54, 1.807) is 24.3 Å². The molecule has 3 rings (SSSR count). The standard InChI is InChI=1S/C19H16F3N3O2/c1-12-6-7-13(10-15(12)19(20,21)22)24-18(27)8-9-25-16-5-3-2-4-14(16)17(26)11-23-25/h2-7,10-11H,8-9H2,1H3,(H,24,27). The lowest BCUT2D eigenvalue weighted by Gasteiger charge is -2.13. The number of hydrogen-bond donors (Lipinski definition) is 1. The van der Waals surface area contributed by atoms with Crippen molar-refractivity contribution >= 4 is 22.5 Å². The normalized spacial score (nSPS) is 11.6. The first-order valence-corrected chi connectivity index (χ1v) is 8.18. The van der Waals surface area contributed by atoms with Crippen molar-refractivity contribution in [1.82, 2.24) is 9.78 Å². The first kappa shape index (κ1) is 18.6. The molecule has 0 bridgehead atoms. The average molecular weight is 375 g/mol. The average Bonchev–Trinajstić information content (AvgIpc) is 2.62. The van der Waals surface area contributed by atoms with E-state index in [-0.39, 0.29) is 29.6 Å². The Morgan fingerprint density at radius 1 is 1.19 bits per heavy atom. The minimum absolute atomic E-state index is 0.00487.